The molecular weight excluding hydrogens is 565 g/mol. The van der Waals surface area contributed by atoms with Crippen molar-refractivity contribution in [3.8, 4) is 11.5 Å². The summed E-state index contributed by atoms with van der Waals surface area (Å²) in [7, 11) is -4.70. The zero-order valence-electron chi connectivity index (χ0n) is 20.8. The van der Waals surface area contributed by atoms with Gasteiger partial charge in [0.1, 0.15) is 22.0 Å². The summed E-state index contributed by atoms with van der Waals surface area (Å²) in [6.07, 6.45) is 0.459. The number of carbonyl (C=O) groups is 1. The first-order valence-electron chi connectivity index (χ1n) is 11.7. The van der Waals surface area contributed by atoms with Gasteiger partial charge in [-0.05, 0) is 54.6 Å². The standard InChI is InChI=1S/C27H23Cl2N3O6S/c1-3-15-11-21(29)25(23(12-15)39(35,36)37)32-31-24-18-8-6-5-7-16(18)13-19(26(24)33)27(34)30-22-10-9-17(38-4-2)14-20(22)28/h5-14,33H,3-4H2,1-2H3,(H,30,34)(H,35,36,37). The maximum Gasteiger partial charge on any atom is 0.296 e. The van der Waals surface area contributed by atoms with E-state index in [4.69, 9.17) is 27.9 Å². The molecule has 4 aromatic carbocycles. The number of nitrogens with one attached hydrogen (secondary N) is 1. The number of phenols is 1. The SMILES string of the molecule is CCOc1ccc(NC(=O)c2cc3ccccc3c(N=Nc3c(Cl)cc(CC)cc3S(=O)(=O)O)c2O)c(Cl)c1. The molecule has 0 atom stereocenters. The van der Waals surface area contributed by atoms with Crippen LogP contribution in [0.15, 0.2) is 75.8 Å². The maximum absolute atomic E-state index is 13.2. The Labute approximate surface area is 234 Å². The molecule has 0 aromatic heterocycles. The molecule has 0 saturated carbocycles. The predicted molar refractivity (Wildman–Crippen MR) is 151 cm³/mol. The number of aromatic hydroxyl groups is 1. The van der Waals surface area contributed by atoms with Crippen molar-refractivity contribution in [1.82, 2.24) is 0 Å². The summed E-state index contributed by atoms with van der Waals surface area (Å²) >= 11 is 12.6. The number of hydrogen-bond acceptors (Lipinski definition) is 7. The number of azo groups is 1. The molecule has 3 N–H and O–H groups in total. The van der Waals surface area contributed by atoms with E-state index in [-0.39, 0.29) is 27.0 Å². The van der Waals surface area contributed by atoms with E-state index in [1.165, 1.54) is 18.2 Å². The molecule has 0 aliphatic rings. The highest BCUT2D eigenvalue weighted by Crippen LogP contribution is 2.42. The smallest absolute Gasteiger partial charge is 0.296 e. The number of carbonyl (C=O) groups excluding carboxylic acids is 1. The lowest BCUT2D eigenvalue weighted by Gasteiger charge is -2.13. The molecular formula is C27H23Cl2N3O6S. The van der Waals surface area contributed by atoms with E-state index >= 15 is 0 Å². The van der Waals surface area contributed by atoms with E-state index in [0.29, 0.717) is 40.8 Å². The summed E-state index contributed by atoms with van der Waals surface area (Å²) in [6, 6.07) is 15.8. The molecule has 4 rings (SSSR count). The Kier molecular flexibility index (Phi) is 8.41. The fraction of sp³-hybridized carbons (Fsp3) is 0.148. The monoisotopic (exact) mass is 587 g/mol. The van der Waals surface area contributed by atoms with Crippen LogP contribution in [0.5, 0.6) is 11.5 Å². The number of amides is 1. The lowest BCUT2D eigenvalue weighted by Crippen LogP contribution is -2.12. The Morgan fingerprint density at radius 1 is 0.974 bits per heavy atom. The first-order valence-corrected chi connectivity index (χ1v) is 13.9. The third kappa shape index (κ3) is 6.15. The van der Waals surface area contributed by atoms with Crippen molar-refractivity contribution in [3.63, 3.8) is 0 Å². The molecule has 4 aromatic rings. The van der Waals surface area contributed by atoms with Gasteiger partial charge in [-0.2, -0.15) is 8.42 Å². The first kappa shape index (κ1) is 28.3. The van der Waals surface area contributed by atoms with Crippen LogP contribution in [0.4, 0.5) is 17.1 Å². The van der Waals surface area contributed by atoms with E-state index in [2.05, 4.69) is 15.5 Å². The van der Waals surface area contributed by atoms with E-state index in [0.717, 1.165) is 0 Å². The number of anilines is 1. The molecule has 0 bridgehead atoms. The molecule has 0 radical (unpaired) electrons. The highest BCUT2D eigenvalue weighted by Gasteiger charge is 2.22. The zero-order valence-corrected chi connectivity index (χ0v) is 23.1. The molecule has 9 nitrogen and oxygen atoms in total. The van der Waals surface area contributed by atoms with Crippen LogP contribution in [-0.4, -0.2) is 30.6 Å². The normalized spacial score (nSPS) is 11.7. The molecule has 0 saturated heterocycles. The van der Waals surface area contributed by atoms with Crippen LogP contribution in [0, 0.1) is 0 Å². The largest absolute Gasteiger partial charge is 0.505 e. The fourth-order valence-electron chi connectivity index (χ4n) is 3.86. The molecule has 0 unspecified atom stereocenters. The van der Waals surface area contributed by atoms with Gasteiger partial charge in [0.15, 0.2) is 5.75 Å². The Hall–Kier alpha value is -3.70. The van der Waals surface area contributed by atoms with Gasteiger partial charge in [0.25, 0.3) is 16.0 Å². The van der Waals surface area contributed by atoms with Crippen LogP contribution in [0.3, 0.4) is 0 Å². The number of rotatable bonds is 8. The van der Waals surface area contributed by atoms with Gasteiger partial charge in [-0.15, -0.1) is 10.2 Å². The third-order valence-electron chi connectivity index (χ3n) is 5.76. The Morgan fingerprint density at radius 2 is 1.69 bits per heavy atom. The molecule has 12 heteroatoms. The van der Waals surface area contributed by atoms with Crippen LogP contribution >= 0.6 is 23.2 Å². The number of fused-ring (bicyclic) bond motifs is 1. The molecule has 0 aliphatic heterocycles. The fourth-order valence-corrected chi connectivity index (χ4v) is 5.11. The van der Waals surface area contributed by atoms with Crippen molar-refractivity contribution in [1.29, 1.82) is 0 Å². The Balaban J connectivity index is 1.81. The topological polar surface area (TPSA) is 138 Å². The van der Waals surface area contributed by atoms with Crippen molar-refractivity contribution in [3.05, 3.63) is 81.8 Å². The summed E-state index contributed by atoms with van der Waals surface area (Å²) in [5.41, 5.74) is 0.312. The number of hydrogen-bond donors (Lipinski definition) is 3. The van der Waals surface area contributed by atoms with E-state index in [9.17, 15) is 22.9 Å². The second-order valence-corrected chi connectivity index (χ2v) is 10.5. The van der Waals surface area contributed by atoms with Crippen LogP contribution in [0.25, 0.3) is 10.8 Å². The van der Waals surface area contributed by atoms with Crippen LogP contribution in [0.1, 0.15) is 29.8 Å². The zero-order chi connectivity index (χ0) is 28.3. The number of halogens is 2. The van der Waals surface area contributed by atoms with Gasteiger partial charge >= 0.3 is 0 Å². The number of ether oxygens (including phenoxy) is 1. The first-order chi connectivity index (χ1) is 18.5. The van der Waals surface area contributed by atoms with Crippen LogP contribution in [0.2, 0.25) is 10.0 Å². The molecule has 1 amide bonds. The predicted octanol–water partition coefficient (Wildman–Crippen LogP) is 7.73. The van der Waals surface area contributed by atoms with Gasteiger partial charge in [0, 0.05) is 11.5 Å². The van der Waals surface area contributed by atoms with Crippen molar-refractivity contribution >= 4 is 67.1 Å². The number of phenolic OH excluding ortho intramolecular Hbond substituents is 1. The van der Waals surface area contributed by atoms with Gasteiger partial charge in [-0.25, -0.2) is 0 Å². The average Bonchev–Trinajstić information content (AvgIpc) is 2.89. The van der Waals surface area contributed by atoms with E-state index in [1.807, 2.05) is 6.92 Å². The molecule has 0 heterocycles. The molecule has 0 spiro atoms. The molecule has 0 aliphatic carbocycles. The molecule has 202 valence electrons. The lowest BCUT2D eigenvalue weighted by molar-refractivity contribution is 0.102. The minimum atomic E-state index is -4.70. The highest BCUT2D eigenvalue weighted by atomic mass is 35.5. The van der Waals surface area contributed by atoms with Crippen molar-refractivity contribution in [2.45, 2.75) is 25.2 Å². The summed E-state index contributed by atoms with van der Waals surface area (Å²) < 4.78 is 39.2. The number of aryl methyl sites for hydroxylation is 1. The van der Waals surface area contributed by atoms with Gasteiger partial charge in [-0.3, -0.25) is 9.35 Å². The van der Waals surface area contributed by atoms with Crippen molar-refractivity contribution in [2.24, 2.45) is 10.2 Å². The minimum absolute atomic E-state index is 0.0615. The van der Waals surface area contributed by atoms with Gasteiger partial charge in [0.05, 0.1) is 27.9 Å². The van der Waals surface area contributed by atoms with Crippen LogP contribution < -0.4 is 10.1 Å². The van der Waals surface area contributed by atoms with Crippen LogP contribution in [-0.2, 0) is 16.5 Å². The third-order valence-corrected chi connectivity index (χ3v) is 7.23. The Bertz CT molecular complexity index is 1720. The second kappa shape index (κ2) is 11.6. The highest BCUT2D eigenvalue weighted by molar-refractivity contribution is 7.86. The van der Waals surface area contributed by atoms with E-state index < -0.39 is 26.7 Å². The molecule has 0 fully saturated rings. The quantitative estimate of drug-likeness (QED) is 0.142. The second-order valence-electron chi connectivity index (χ2n) is 8.32. The van der Waals surface area contributed by atoms with Crippen molar-refractivity contribution in [2.75, 3.05) is 11.9 Å². The van der Waals surface area contributed by atoms with Gasteiger partial charge < -0.3 is 15.2 Å². The van der Waals surface area contributed by atoms with Gasteiger partial charge in [-0.1, -0.05) is 54.4 Å². The minimum Gasteiger partial charge on any atom is -0.505 e. The summed E-state index contributed by atoms with van der Waals surface area (Å²) in [5.74, 6) is -0.650. The summed E-state index contributed by atoms with van der Waals surface area (Å²) in [5, 5.41) is 23.0. The van der Waals surface area contributed by atoms with E-state index in [1.54, 1.807) is 49.4 Å². The number of nitrogens with zero attached hydrogens (tertiary/aromatic N) is 2. The maximum atomic E-state index is 13.2. The molecule has 39 heavy (non-hydrogen) atoms. The van der Waals surface area contributed by atoms with Crippen molar-refractivity contribution < 1.29 is 27.6 Å². The lowest BCUT2D eigenvalue weighted by atomic mass is 10.0. The number of benzene rings is 4. The Morgan fingerprint density at radius 3 is 2.36 bits per heavy atom. The summed E-state index contributed by atoms with van der Waals surface area (Å²) in [6.45, 7) is 4.07. The van der Waals surface area contributed by atoms with Gasteiger partial charge in [0.2, 0.25) is 0 Å². The average molecular weight is 588 g/mol. The summed E-state index contributed by atoms with van der Waals surface area (Å²) in [4.78, 5) is 12.7.